The molecule has 2 aromatic rings. The molecule has 106 valence electrons. The van der Waals surface area contributed by atoms with Gasteiger partial charge in [-0.25, -0.2) is 0 Å². The predicted octanol–water partition coefficient (Wildman–Crippen LogP) is -1.36. The Hall–Kier alpha value is -2.59. The molecule has 0 N–H and O–H groups in total. The maximum Gasteiger partial charge on any atom is 0.280 e. The molecule has 0 spiro atoms. The number of halogens is 1. The molecule has 0 saturated heterocycles. The number of carbonyl (C=O) groups is 1. The fourth-order valence-corrected chi connectivity index (χ4v) is 1.76. The maximum absolute atomic E-state index is 12.1. The zero-order valence-corrected chi connectivity index (χ0v) is 12.4. The smallest absolute Gasteiger partial charge is 0.280 e. The van der Waals surface area contributed by atoms with Crippen LogP contribution in [0.25, 0.3) is 0 Å². The van der Waals surface area contributed by atoms with E-state index in [1.54, 1.807) is 35.2 Å². The van der Waals surface area contributed by atoms with Crippen LogP contribution in [0.3, 0.4) is 0 Å². The van der Waals surface area contributed by atoms with Gasteiger partial charge in [0.05, 0.1) is 16.6 Å². The number of hydrogen-bond donors (Lipinski definition) is 0. The van der Waals surface area contributed by atoms with Gasteiger partial charge in [0.1, 0.15) is 5.56 Å². The van der Waals surface area contributed by atoms with Gasteiger partial charge in [-0.05, 0) is 6.07 Å². The van der Waals surface area contributed by atoms with Crippen molar-refractivity contribution in [1.82, 2.24) is 0 Å². The van der Waals surface area contributed by atoms with Gasteiger partial charge in [0.15, 0.2) is 12.4 Å². The Balaban J connectivity index is 0.00000220. The molecule has 1 heterocycles. The highest BCUT2D eigenvalue weighted by atomic mass is 79.9. The standard InChI is InChI=1S/C14H10N3O3.BrH/c15-9-11-5-7-16(8-6-11)10-14(18)12-3-1-2-4-13(12)17(19)20;/h1-8H,10H2;1H/q+1;/p-1. The molecule has 0 amide bonds. The number of ketones is 1. The lowest BCUT2D eigenvalue weighted by molar-refractivity contribution is -0.683. The third-order valence-corrected chi connectivity index (χ3v) is 2.75. The average molecular weight is 348 g/mol. The molecule has 21 heavy (non-hydrogen) atoms. The molecule has 0 saturated carbocycles. The van der Waals surface area contributed by atoms with Crippen molar-refractivity contribution >= 4 is 11.5 Å². The minimum atomic E-state index is -0.573. The quantitative estimate of drug-likeness (QED) is 0.296. The molecular formula is C14H10BrN3O3. The van der Waals surface area contributed by atoms with Gasteiger partial charge in [-0.15, -0.1) is 0 Å². The lowest BCUT2D eigenvalue weighted by Crippen LogP contribution is -3.00. The number of nitriles is 1. The SMILES string of the molecule is N#Cc1cc[n+](CC(=O)c2ccccc2[N+](=O)[O-])cc1.[Br-]. The Morgan fingerprint density at radius 1 is 1.24 bits per heavy atom. The molecule has 6 nitrogen and oxygen atoms in total. The molecule has 0 unspecified atom stereocenters. The molecule has 0 fully saturated rings. The van der Waals surface area contributed by atoms with Crippen LogP contribution in [0.1, 0.15) is 15.9 Å². The summed E-state index contributed by atoms with van der Waals surface area (Å²) >= 11 is 0. The molecule has 0 bridgehead atoms. The Labute approximate surface area is 131 Å². The van der Waals surface area contributed by atoms with Crippen molar-refractivity contribution in [2.24, 2.45) is 0 Å². The molecule has 2 rings (SSSR count). The first-order valence-electron chi connectivity index (χ1n) is 5.77. The highest BCUT2D eigenvalue weighted by molar-refractivity contribution is 5.98. The van der Waals surface area contributed by atoms with E-state index in [2.05, 4.69) is 0 Å². The summed E-state index contributed by atoms with van der Waals surface area (Å²) < 4.78 is 1.57. The first-order chi connectivity index (χ1) is 9.61. The van der Waals surface area contributed by atoms with Gasteiger partial charge in [-0.3, -0.25) is 14.9 Å². The van der Waals surface area contributed by atoms with Gasteiger partial charge in [0.2, 0.25) is 12.3 Å². The third-order valence-electron chi connectivity index (χ3n) is 2.75. The van der Waals surface area contributed by atoms with Gasteiger partial charge in [0.25, 0.3) is 5.69 Å². The number of para-hydroxylation sites is 1. The second kappa shape index (κ2) is 7.26. The first-order valence-corrected chi connectivity index (χ1v) is 5.77. The predicted molar refractivity (Wildman–Crippen MR) is 68.8 cm³/mol. The van der Waals surface area contributed by atoms with Crippen LogP contribution in [-0.4, -0.2) is 10.7 Å². The summed E-state index contributed by atoms with van der Waals surface area (Å²) in [6.07, 6.45) is 3.18. The number of aromatic nitrogens is 1. The maximum atomic E-state index is 12.1. The Morgan fingerprint density at radius 3 is 2.43 bits per heavy atom. The van der Waals surface area contributed by atoms with E-state index in [1.807, 2.05) is 6.07 Å². The summed E-state index contributed by atoms with van der Waals surface area (Å²) in [4.78, 5) is 22.4. The van der Waals surface area contributed by atoms with E-state index in [4.69, 9.17) is 5.26 Å². The van der Waals surface area contributed by atoms with Crippen molar-refractivity contribution in [1.29, 1.82) is 5.26 Å². The summed E-state index contributed by atoms with van der Waals surface area (Å²) in [6, 6.07) is 11.0. The number of hydrogen-bond acceptors (Lipinski definition) is 4. The number of carbonyl (C=O) groups excluding carboxylic acids is 1. The van der Waals surface area contributed by atoms with Crippen LogP contribution in [0.15, 0.2) is 48.8 Å². The monoisotopic (exact) mass is 347 g/mol. The number of nitrogens with zero attached hydrogens (tertiary/aromatic N) is 3. The van der Waals surface area contributed by atoms with E-state index in [9.17, 15) is 14.9 Å². The Morgan fingerprint density at radius 2 is 1.86 bits per heavy atom. The number of rotatable bonds is 4. The van der Waals surface area contributed by atoms with Crippen LogP contribution in [0.2, 0.25) is 0 Å². The molecule has 7 heteroatoms. The lowest BCUT2D eigenvalue weighted by Gasteiger charge is -2.00. The van der Waals surface area contributed by atoms with Crippen molar-refractivity contribution < 1.29 is 31.3 Å². The van der Waals surface area contributed by atoms with Gasteiger partial charge >= 0.3 is 0 Å². The van der Waals surface area contributed by atoms with Crippen LogP contribution in [0.5, 0.6) is 0 Å². The first kappa shape index (κ1) is 16.5. The summed E-state index contributed by atoms with van der Waals surface area (Å²) in [7, 11) is 0. The van der Waals surface area contributed by atoms with Gasteiger partial charge in [-0.1, -0.05) is 12.1 Å². The number of benzene rings is 1. The fourth-order valence-electron chi connectivity index (χ4n) is 1.76. The lowest BCUT2D eigenvalue weighted by atomic mass is 10.1. The van der Waals surface area contributed by atoms with Crippen LogP contribution in [0, 0.1) is 21.4 Å². The zero-order valence-electron chi connectivity index (χ0n) is 10.8. The van der Waals surface area contributed by atoms with Crippen molar-refractivity contribution in [3.05, 3.63) is 70.0 Å². The summed E-state index contributed by atoms with van der Waals surface area (Å²) in [5.74, 6) is -0.355. The van der Waals surface area contributed by atoms with Crippen LogP contribution >= 0.6 is 0 Å². The van der Waals surface area contributed by atoms with Crippen LogP contribution in [-0.2, 0) is 6.54 Å². The number of Topliss-reactive ketones (excluding diaryl/α,β-unsaturated/α-hetero) is 1. The molecular weight excluding hydrogens is 338 g/mol. The van der Waals surface area contributed by atoms with Crippen molar-refractivity contribution in [3.63, 3.8) is 0 Å². The molecule has 0 aliphatic heterocycles. The molecule has 1 aromatic heterocycles. The van der Waals surface area contributed by atoms with Crippen molar-refractivity contribution in [2.75, 3.05) is 0 Å². The molecule has 0 radical (unpaired) electrons. The fraction of sp³-hybridized carbons (Fsp3) is 0.0714. The van der Waals surface area contributed by atoms with Gasteiger partial charge in [0, 0.05) is 18.2 Å². The molecule has 0 atom stereocenters. The minimum absolute atomic E-state index is 0. The van der Waals surface area contributed by atoms with E-state index < -0.39 is 4.92 Å². The van der Waals surface area contributed by atoms with Crippen LogP contribution in [0.4, 0.5) is 5.69 Å². The van der Waals surface area contributed by atoms with Crippen molar-refractivity contribution in [2.45, 2.75) is 6.54 Å². The summed E-state index contributed by atoms with van der Waals surface area (Å²) in [6.45, 7) is -0.0173. The minimum Gasteiger partial charge on any atom is -1.00 e. The van der Waals surface area contributed by atoms with Crippen molar-refractivity contribution in [3.8, 4) is 6.07 Å². The average Bonchev–Trinajstić information content (AvgIpc) is 2.48. The highest BCUT2D eigenvalue weighted by Gasteiger charge is 2.21. The molecule has 0 aliphatic rings. The molecule has 1 aromatic carbocycles. The number of nitro benzene ring substituents is 1. The molecule has 0 aliphatic carbocycles. The Bertz CT molecular complexity index is 708. The Kier molecular flexibility index (Phi) is 5.69. The van der Waals surface area contributed by atoms with Gasteiger partial charge in [-0.2, -0.15) is 9.83 Å². The normalized spacial score (nSPS) is 9.29. The van der Waals surface area contributed by atoms with Gasteiger partial charge < -0.3 is 17.0 Å². The topological polar surface area (TPSA) is 87.9 Å². The second-order valence-electron chi connectivity index (χ2n) is 4.07. The third kappa shape index (κ3) is 3.94. The summed E-state index contributed by atoms with van der Waals surface area (Å²) in [5, 5.41) is 19.6. The van der Waals surface area contributed by atoms with E-state index in [1.165, 1.54) is 18.2 Å². The largest absolute Gasteiger partial charge is 1.00 e. The van der Waals surface area contributed by atoms with E-state index in [0.717, 1.165) is 0 Å². The van der Waals surface area contributed by atoms with E-state index >= 15 is 0 Å². The van der Waals surface area contributed by atoms with E-state index in [0.29, 0.717) is 5.56 Å². The summed E-state index contributed by atoms with van der Waals surface area (Å²) in [5.41, 5.74) is 0.362. The number of pyridine rings is 1. The number of nitro groups is 1. The highest BCUT2D eigenvalue weighted by Crippen LogP contribution is 2.18. The second-order valence-corrected chi connectivity index (χ2v) is 4.07. The van der Waals surface area contributed by atoms with E-state index in [-0.39, 0.29) is 40.6 Å². The van der Waals surface area contributed by atoms with Crippen LogP contribution < -0.4 is 21.5 Å². The zero-order chi connectivity index (χ0) is 14.5.